The maximum atomic E-state index is 12.0. The Bertz CT molecular complexity index is 484. The molecule has 20 heavy (non-hydrogen) atoms. The molecule has 2 aliphatic rings. The number of rotatable bonds is 2. The minimum atomic E-state index is -0.798. The largest absolute Gasteiger partial charge is 0.481 e. The highest BCUT2D eigenvalue weighted by Crippen LogP contribution is 2.47. The van der Waals surface area contributed by atoms with Crippen LogP contribution in [0.3, 0.4) is 0 Å². The third-order valence-electron chi connectivity index (χ3n) is 5.25. The molecule has 0 aliphatic heterocycles. The Morgan fingerprint density at radius 1 is 1.05 bits per heavy atom. The lowest BCUT2D eigenvalue weighted by Crippen LogP contribution is -2.44. The van der Waals surface area contributed by atoms with Crippen molar-refractivity contribution in [2.75, 3.05) is 0 Å². The number of carbonyl (C=O) groups is 1. The molecule has 108 valence electrons. The summed E-state index contributed by atoms with van der Waals surface area (Å²) in [5, 5.41) is 20.3. The van der Waals surface area contributed by atoms with Gasteiger partial charge in [-0.25, -0.2) is 0 Å². The predicted molar refractivity (Wildman–Crippen MR) is 76.5 cm³/mol. The molecule has 2 unspecified atom stereocenters. The van der Waals surface area contributed by atoms with Crippen LogP contribution in [0.1, 0.15) is 43.2 Å². The van der Waals surface area contributed by atoms with Crippen LogP contribution >= 0.6 is 0 Å². The predicted octanol–water partition coefficient (Wildman–Crippen LogP) is 2.80. The average Bonchev–Trinajstić information content (AvgIpc) is 2.70. The zero-order valence-corrected chi connectivity index (χ0v) is 11.7. The van der Waals surface area contributed by atoms with E-state index >= 15 is 0 Å². The van der Waals surface area contributed by atoms with Crippen LogP contribution in [0.5, 0.6) is 0 Å². The van der Waals surface area contributed by atoms with Crippen molar-refractivity contribution < 1.29 is 15.0 Å². The molecule has 2 aliphatic carbocycles. The molecule has 2 N–H and O–H groups in total. The normalized spacial score (nSPS) is 28.6. The number of hydrogen-bond donors (Lipinski definition) is 2. The van der Waals surface area contributed by atoms with Crippen molar-refractivity contribution in [3.05, 3.63) is 35.4 Å². The average molecular weight is 274 g/mol. The molecule has 1 aromatic rings. The van der Waals surface area contributed by atoms with Gasteiger partial charge in [0, 0.05) is 5.92 Å². The second kappa shape index (κ2) is 5.21. The Balaban J connectivity index is 1.96. The zero-order chi connectivity index (χ0) is 14.2. The Labute approximate surface area is 119 Å². The van der Waals surface area contributed by atoms with Gasteiger partial charge in [-0.1, -0.05) is 43.5 Å². The van der Waals surface area contributed by atoms with Crippen LogP contribution in [0.2, 0.25) is 0 Å². The molecular weight excluding hydrogens is 252 g/mol. The Kier molecular flexibility index (Phi) is 3.55. The molecule has 0 aromatic heterocycles. The molecule has 0 bridgehead atoms. The van der Waals surface area contributed by atoms with Gasteiger partial charge in [0.15, 0.2) is 0 Å². The highest BCUT2D eigenvalue weighted by molar-refractivity contribution is 5.77. The molecule has 1 aromatic carbocycles. The summed E-state index contributed by atoms with van der Waals surface area (Å²) in [5.74, 6) is -0.852. The Morgan fingerprint density at radius 3 is 2.25 bits per heavy atom. The molecule has 3 rings (SSSR count). The summed E-state index contributed by atoms with van der Waals surface area (Å²) in [6.07, 6.45) is 5.41. The summed E-state index contributed by atoms with van der Waals surface area (Å²) in [6.45, 7) is 0. The highest BCUT2D eigenvalue weighted by atomic mass is 16.4. The molecule has 1 fully saturated rings. The standard InChI is InChI=1S/C17H22O3/c18-15-9-3-1-2-8-14(15)17(16(19)20)10-12-6-4-5-7-13(12)11-17/h4-7,14-15,18H,1-3,8-11H2,(H,19,20). The summed E-state index contributed by atoms with van der Waals surface area (Å²) < 4.78 is 0. The van der Waals surface area contributed by atoms with Crippen molar-refractivity contribution in [3.8, 4) is 0 Å². The number of carboxylic acid groups (broad SMARTS) is 1. The van der Waals surface area contributed by atoms with Crippen LogP contribution in [0, 0.1) is 11.3 Å². The fraction of sp³-hybridized carbons (Fsp3) is 0.588. The van der Waals surface area contributed by atoms with E-state index in [0.29, 0.717) is 12.8 Å². The number of benzene rings is 1. The van der Waals surface area contributed by atoms with Crippen LogP contribution in [0.15, 0.2) is 24.3 Å². The van der Waals surface area contributed by atoms with E-state index in [0.717, 1.165) is 43.2 Å². The second-order valence-corrected chi connectivity index (χ2v) is 6.40. The molecule has 0 amide bonds. The Hall–Kier alpha value is -1.35. The van der Waals surface area contributed by atoms with Crippen LogP contribution in [-0.4, -0.2) is 22.3 Å². The van der Waals surface area contributed by atoms with Crippen LogP contribution in [0.25, 0.3) is 0 Å². The zero-order valence-electron chi connectivity index (χ0n) is 11.7. The first-order valence-electron chi connectivity index (χ1n) is 7.62. The van der Waals surface area contributed by atoms with E-state index in [9.17, 15) is 15.0 Å². The summed E-state index contributed by atoms with van der Waals surface area (Å²) in [7, 11) is 0. The fourth-order valence-electron chi connectivity index (χ4n) is 4.15. The molecule has 0 heterocycles. The molecular formula is C17H22O3. The summed E-state index contributed by atoms with van der Waals surface area (Å²) in [4.78, 5) is 12.0. The number of hydrogen-bond acceptors (Lipinski definition) is 2. The molecule has 0 spiro atoms. The number of aliphatic hydroxyl groups excluding tert-OH is 1. The van der Waals surface area contributed by atoms with Gasteiger partial charge in [0.2, 0.25) is 0 Å². The SMILES string of the molecule is O=C(O)C1(C2CCCCCC2O)Cc2ccccc2C1. The topological polar surface area (TPSA) is 57.5 Å². The third kappa shape index (κ3) is 2.14. The van der Waals surface area contributed by atoms with Crippen LogP contribution < -0.4 is 0 Å². The smallest absolute Gasteiger partial charge is 0.310 e. The third-order valence-corrected chi connectivity index (χ3v) is 5.25. The maximum absolute atomic E-state index is 12.0. The lowest BCUT2D eigenvalue weighted by atomic mass is 9.68. The van der Waals surface area contributed by atoms with Crippen molar-refractivity contribution in [1.82, 2.24) is 0 Å². The lowest BCUT2D eigenvalue weighted by Gasteiger charge is -2.36. The van der Waals surface area contributed by atoms with E-state index in [1.54, 1.807) is 0 Å². The van der Waals surface area contributed by atoms with Gasteiger partial charge in [0.05, 0.1) is 11.5 Å². The lowest BCUT2D eigenvalue weighted by molar-refractivity contribution is -0.155. The van der Waals surface area contributed by atoms with Gasteiger partial charge < -0.3 is 10.2 Å². The van der Waals surface area contributed by atoms with Crippen molar-refractivity contribution >= 4 is 5.97 Å². The van der Waals surface area contributed by atoms with E-state index in [1.165, 1.54) is 0 Å². The summed E-state index contributed by atoms with van der Waals surface area (Å²) >= 11 is 0. The van der Waals surface area contributed by atoms with E-state index in [2.05, 4.69) is 0 Å². The quantitative estimate of drug-likeness (QED) is 0.815. The van der Waals surface area contributed by atoms with Gasteiger partial charge in [-0.3, -0.25) is 4.79 Å². The van der Waals surface area contributed by atoms with Crippen molar-refractivity contribution in [3.63, 3.8) is 0 Å². The van der Waals surface area contributed by atoms with E-state index in [1.807, 2.05) is 24.3 Å². The highest BCUT2D eigenvalue weighted by Gasteiger charge is 2.51. The maximum Gasteiger partial charge on any atom is 0.310 e. The molecule has 3 heteroatoms. The Morgan fingerprint density at radius 2 is 1.65 bits per heavy atom. The van der Waals surface area contributed by atoms with Gasteiger partial charge in [-0.15, -0.1) is 0 Å². The summed E-state index contributed by atoms with van der Waals surface area (Å²) in [6, 6.07) is 8.01. The molecule has 2 atom stereocenters. The summed E-state index contributed by atoms with van der Waals surface area (Å²) in [5.41, 5.74) is 1.49. The molecule has 3 nitrogen and oxygen atoms in total. The van der Waals surface area contributed by atoms with Gasteiger partial charge >= 0.3 is 5.97 Å². The first kappa shape index (κ1) is 13.6. The minimum Gasteiger partial charge on any atom is -0.481 e. The van der Waals surface area contributed by atoms with E-state index < -0.39 is 17.5 Å². The van der Waals surface area contributed by atoms with Crippen LogP contribution in [-0.2, 0) is 17.6 Å². The van der Waals surface area contributed by atoms with Crippen molar-refractivity contribution in [1.29, 1.82) is 0 Å². The first-order chi connectivity index (χ1) is 9.63. The van der Waals surface area contributed by atoms with Gasteiger partial charge in [0.25, 0.3) is 0 Å². The number of aliphatic carboxylic acids is 1. The van der Waals surface area contributed by atoms with Gasteiger partial charge in [-0.2, -0.15) is 0 Å². The number of aliphatic hydroxyl groups is 1. The first-order valence-corrected chi connectivity index (χ1v) is 7.62. The van der Waals surface area contributed by atoms with Crippen LogP contribution in [0.4, 0.5) is 0 Å². The number of fused-ring (bicyclic) bond motifs is 1. The molecule has 0 radical (unpaired) electrons. The fourth-order valence-corrected chi connectivity index (χ4v) is 4.15. The van der Waals surface area contributed by atoms with E-state index in [-0.39, 0.29) is 5.92 Å². The monoisotopic (exact) mass is 274 g/mol. The van der Waals surface area contributed by atoms with Gasteiger partial charge in [0.1, 0.15) is 0 Å². The van der Waals surface area contributed by atoms with Crippen molar-refractivity contribution in [2.45, 2.75) is 51.0 Å². The van der Waals surface area contributed by atoms with E-state index in [4.69, 9.17) is 0 Å². The van der Waals surface area contributed by atoms with Crippen molar-refractivity contribution in [2.24, 2.45) is 11.3 Å². The minimum absolute atomic E-state index is 0.116. The second-order valence-electron chi connectivity index (χ2n) is 6.40. The van der Waals surface area contributed by atoms with Gasteiger partial charge in [-0.05, 0) is 36.8 Å². The molecule has 1 saturated carbocycles. The number of carboxylic acids is 1. The molecule has 0 saturated heterocycles.